The number of hydrogen-bond acceptors (Lipinski definition) is 2. The van der Waals surface area contributed by atoms with Crippen molar-refractivity contribution in [2.45, 2.75) is 53.2 Å². The first kappa shape index (κ1) is 12.9. The fraction of sp³-hybridized carbons (Fsp3) is 1.00. The highest BCUT2D eigenvalue weighted by Crippen LogP contribution is 2.24. The third-order valence-electron chi connectivity index (χ3n) is 2.40. The molecule has 80 valence electrons. The Morgan fingerprint density at radius 1 is 1.23 bits per heavy atom. The Morgan fingerprint density at radius 2 is 1.77 bits per heavy atom. The van der Waals surface area contributed by atoms with Crippen molar-refractivity contribution in [3.8, 4) is 0 Å². The second kappa shape index (κ2) is 5.61. The lowest BCUT2D eigenvalue weighted by atomic mass is 9.82. The average Bonchev–Trinajstić information content (AvgIpc) is 2.01. The van der Waals surface area contributed by atoms with E-state index in [9.17, 15) is 0 Å². The van der Waals surface area contributed by atoms with Crippen LogP contribution in [0.3, 0.4) is 0 Å². The van der Waals surface area contributed by atoms with Gasteiger partial charge >= 0.3 is 0 Å². The number of nitrogens with one attached hydrogen (secondary N) is 1. The van der Waals surface area contributed by atoms with Crippen molar-refractivity contribution in [3.05, 3.63) is 0 Å². The van der Waals surface area contributed by atoms with E-state index in [1.807, 2.05) is 7.05 Å². The van der Waals surface area contributed by atoms with Crippen molar-refractivity contribution in [1.82, 2.24) is 5.32 Å². The van der Waals surface area contributed by atoms with Crippen LogP contribution in [0.15, 0.2) is 0 Å². The SMILES string of the molecule is CCOC(CC)C(NC)C(C)(C)C. The fourth-order valence-electron chi connectivity index (χ4n) is 1.84. The summed E-state index contributed by atoms with van der Waals surface area (Å²) in [4.78, 5) is 0. The van der Waals surface area contributed by atoms with E-state index in [2.05, 4.69) is 39.9 Å². The summed E-state index contributed by atoms with van der Waals surface area (Å²) in [6, 6.07) is 0.428. The molecule has 0 aliphatic rings. The largest absolute Gasteiger partial charge is 0.377 e. The van der Waals surface area contributed by atoms with Gasteiger partial charge in [-0.25, -0.2) is 0 Å². The van der Waals surface area contributed by atoms with Gasteiger partial charge in [0.2, 0.25) is 0 Å². The van der Waals surface area contributed by atoms with Crippen molar-refractivity contribution >= 4 is 0 Å². The van der Waals surface area contributed by atoms with E-state index in [1.165, 1.54) is 0 Å². The van der Waals surface area contributed by atoms with Crippen LogP contribution in [0.25, 0.3) is 0 Å². The van der Waals surface area contributed by atoms with Gasteiger partial charge in [0.15, 0.2) is 0 Å². The molecule has 0 bridgehead atoms. The summed E-state index contributed by atoms with van der Waals surface area (Å²) in [5.74, 6) is 0. The first-order valence-electron chi connectivity index (χ1n) is 5.26. The maximum atomic E-state index is 5.71. The Labute approximate surface area is 83.1 Å². The lowest BCUT2D eigenvalue weighted by Crippen LogP contribution is -2.48. The van der Waals surface area contributed by atoms with E-state index in [0.29, 0.717) is 12.1 Å². The molecule has 2 nitrogen and oxygen atoms in total. The van der Waals surface area contributed by atoms with Crippen LogP contribution in [0, 0.1) is 5.41 Å². The molecule has 2 unspecified atom stereocenters. The Bertz CT molecular complexity index is 129. The Morgan fingerprint density at radius 3 is 2.00 bits per heavy atom. The summed E-state index contributed by atoms with van der Waals surface area (Å²) in [5.41, 5.74) is 0.255. The zero-order valence-electron chi connectivity index (χ0n) is 9.98. The van der Waals surface area contributed by atoms with E-state index in [4.69, 9.17) is 4.74 Å². The molecule has 0 aromatic carbocycles. The number of rotatable bonds is 5. The molecule has 0 amide bonds. The second-order valence-electron chi connectivity index (χ2n) is 4.53. The van der Waals surface area contributed by atoms with Gasteiger partial charge in [0, 0.05) is 12.6 Å². The molecule has 0 spiro atoms. The molecule has 2 atom stereocenters. The molecule has 0 aliphatic carbocycles. The molecule has 0 saturated heterocycles. The minimum Gasteiger partial charge on any atom is -0.377 e. The normalized spacial score (nSPS) is 17.1. The van der Waals surface area contributed by atoms with E-state index < -0.39 is 0 Å². The van der Waals surface area contributed by atoms with E-state index in [0.717, 1.165) is 13.0 Å². The molecule has 0 aromatic rings. The minimum absolute atomic E-state index is 0.255. The summed E-state index contributed by atoms with van der Waals surface area (Å²) < 4.78 is 5.71. The molecule has 0 saturated carbocycles. The van der Waals surface area contributed by atoms with Crippen LogP contribution in [0.5, 0.6) is 0 Å². The molecule has 0 fully saturated rings. The molecule has 0 aromatic heterocycles. The fourth-order valence-corrected chi connectivity index (χ4v) is 1.84. The van der Waals surface area contributed by atoms with E-state index in [1.54, 1.807) is 0 Å². The first-order valence-corrected chi connectivity index (χ1v) is 5.26. The molecule has 2 heteroatoms. The molecular formula is C11H25NO. The third-order valence-corrected chi connectivity index (χ3v) is 2.40. The lowest BCUT2D eigenvalue weighted by Gasteiger charge is -2.36. The Hall–Kier alpha value is -0.0800. The number of likely N-dealkylation sites (N-methyl/N-ethyl adjacent to an activating group) is 1. The summed E-state index contributed by atoms with van der Waals surface area (Å²) in [5, 5.41) is 3.35. The zero-order chi connectivity index (χ0) is 10.5. The first-order chi connectivity index (χ1) is 5.97. The predicted octanol–water partition coefficient (Wildman–Crippen LogP) is 2.44. The van der Waals surface area contributed by atoms with Crippen molar-refractivity contribution in [2.24, 2.45) is 5.41 Å². The molecule has 0 radical (unpaired) electrons. The highest BCUT2D eigenvalue weighted by atomic mass is 16.5. The van der Waals surface area contributed by atoms with E-state index >= 15 is 0 Å². The quantitative estimate of drug-likeness (QED) is 0.714. The molecule has 1 N–H and O–H groups in total. The summed E-state index contributed by atoms with van der Waals surface area (Å²) >= 11 is 0. The van der Waals surface area contributed by atoms with Crippen LogP contribution in [0.4, 0.5) is 0 Å². The van der Waals surface area contributed by atoms with Crippen LogP contribution in [0.1, 0.15) is 41.0 Å². The van der Waals surface area contributed by atoms with Gasteiger partial charge in [-0.15, -0.1) is 0 Å². The average molecular weight is 187 g/mol. The smallest absolute Gasteiger partial charge is 0.0730 e. The van der Waals surface area contributed by atoms with Crippen molar-refractivity contribution in [1.29, 1.82) is 0 Å². The van der Waals surface area contributed by atoms with Crippen LogP contribution in [-0.4, -0.2) is 25.8 Å². The standard InChI is InChI=1S/C11H25NO/c1-7-9(13-8-2)10(12-6)11(3,4)5/h9-10,12H,7-8H2,1-6H3. The topological polar surface area (TPSA) is 21.3 Å². The predicted molar refractivity (Wildman–Crippen MR) is 58.0 cm³/mol. The van der Waals surface area contributed by atoms with Gasteiger partial charge in [0.05, 0.1) is 6.10 Å². The van der Waals surface area contributed by atoms with Crippen LogP contribution < -0.4 is 5.32 Å². The second-order valence-corrected chi connectivity index (χ2v) is 4.53. The van der Waals surface area contributed by atoms with Crippen molar-refractivity contribution in [2.75, 3.05) is 13.7 Å². The van der Waals surface area contributed by atoms with Gasteiger partial charge in [-0.1, -0.05) is 27.7 Å². The molecule has 0 aliphatic heterocycles. The maximum absolute atomic E-state index is 5.71. The maximum Gasteiger partial charge on any atom is 0.0730 e. The van der Waals surface area contributed by atoms with Gasteiger partial charge in [-0.05, 0) is 25.8 Å². The molecule has 13 heavy (non-hydrogen) atoms. The molecule has 0 heterocycles. The number of hydrogen-bond donors (Lipinski definition) is 1. The Balaban J connectivity index is 4.34. The lowest BCUT2D eigenvalue weighted by molar-refractivity contribution is 0.00301. The highest BCUT2D eigenvalue weighted by Gasteiger charge is 2.30. The van der Waals surface area contributed by atoms with Crippen molar-refractivity contribution < 1.29 is 4.74 Å². The van der Waals surface area contributed by atoms with Gasteiger partial charge in [0.25, 0.3) is 0 Å². The minimum atomic E-state index is 0.255. The van der Waals surface area contributed by atoms with E-state index in [-0.39, 0.29) is 5.41 Å². The molecule has 0 rings (SSSR count). The van der Waals surface area contributed by atoms with Crippen LogP contribution in [-0.2, 0) is 4.74 Å². The number of ether oxygens (including phenoxy) is 1. The summed E-state index contributed by atoms with van der Waals surface area (Å²) in [6.07, 6.45) is 1.39. The monoisotopic (exact) mass is 187 g/mol. The summed E-state index contributed by atoms with van der Waals surface area (Å²) in [7, 11) is 2.01. The van der Waals surface area contributed by atoms with Gasteiger partial charge in [-0.3, -0.25) is 0 Å². The van der Waals surface area contributed by atoms with Gasteiger partial charge in [-0.2, -0.15) is 0 Å². The van der Waals surface area contributed by atoms with Crippen LogP contribution >= 0.6 is 0 Å². The van der Waals surface area contributed by atoms with Crippen molar-refractivity contribution in [3.63, 3.8) is 0 Å². The third kappa shape index (κ3) is 4.10. The summed E-state index contributed by atoms with van der Waals surface area (Å²) in [6.45, 7) is 11.8. The Kier molecular flexibility index (Phi) is 5.57. The van der Waals surface area contributed by atoms with Crippen LogP contribution in [0.2, 0.25) is 0 Å². The van der Waals surface area contributed by atoms with Gasteiger partial charge < -0.3 is 10.1 Å². The highest BCUT2D eigenvalue weighted by molar-refractivity contribution is 4.85. The zero-order valence-corrected chi connectivity index (χ0v) is 9.98. The van der Waals surface area contributed by atoms with Gasteiger partial charge in [0.1, 0.15) is 0 Å². The molecular weight excluding hydrogens is 162 g/mol.